The molecule has 3 rings (SSSR count). The van der Waals surface area contributed by atoms with Crippen molar-refractivity contribution in [3.8, 4) is 0 Å². The van der Waals surface area contributed by atoms with Crippen LogP contribution in [0.5, 0.6) is 0 Å². The molecule has 2 N–H and O–H groups in total. The molecule has 1 aromatic heterocycles. The molecule has 2 aliphatic rings. The van der Waals surface area contributed by atoms with Gasteiger partial charge in [-0.05, 0) is 12.8 Å². The molecule has 1 aliphatic heterocycles. The van der Waals surface area contributed by atoms with Gasteiger partial charge in [-0.3, -0.25) is 4.79 Å². The first-order valence-corrected chi connectivity index (χ1v) is 9.34. The number of amides is 1. The van der Waals surface area contributed by atoms with E-state index in [1.807, 2.05) is 23.3 Å². The van der Waals surface area contributed by atoms with Crippen molar-refractivity contribution in [3.63, 3.8) is 0 Å². The third-order valence-electron chi connectivity index (χ3n) is 4.11. The minimum Gasteiger partial charge on any atom is -0.344 e. The SMILES string of the molecule is O=C(CC1CSCCN1)NC1(c2nccs2)CCCC1. The van der Waals surface area contributed by atoms with E-state index in [0.29, 0.717) is 12.5 Å². The van der Waals surface area contributed by atoms with Gasteiger partial charge in [0.25, 0.3) is 0 Å². The second kappa shape index (κ2) is 6.45. The van der Waals surface area contributed by atoms with Crippen molar-refractivity contribution >= 4 is 29.0 Å². The second-order valence-electron chi connectivity index (χ2n) is 5.60. The highest BCUT2D eigenvalue weighted by molar-refractivity contribution is 7.99. The first-order valence-electron chi connectivity index (χ1n) is 7.31. The van der Waals surface area contributed by atoms with Gasteiger partial charge in [-0.1, -0.05) is 12.8 Å². The van der Waals surface area contributed by atoms with Crippen LogP contribution in [-0.4, -0.2) is 35.0 Å². The van der Waals surface area contributed by atoms with E-state index in [4.69, 9.17) is 0 Å². The fourth-order valence-corrected chi connectivity index (χ4v) is 4.93. The van der Waals surface area contributed by atoms with Crippen LogP contribution in [0.25, 0.3) is 0 Å². The minimum atomic E-state index is -0.187. The molecule has 4 nitrogen and oxygen atoms in total. The Morgan fingerprint density at radius 3 is 3.00 bits per heavy atom. The third kappa shape index (κ3) is 3.18. The van der Waals surface area contributed by atoms with Gasteiger partial charge in [0.15, 0.2) is 0 Å². The lowest BCUT2D eigenvalue weighted by Gasteiger charge is -2.30. The first kappa shape index (κ1) is 14.4. The van der Waals surface area contributed by atoms with Gasteiger partial charge in [-0.15, -0.1) is 11.3 Å². The molecule has 1 aromatic rings. The molecule has 1 amide bonds. The van der Waals surface area contributed by atoms with Crippen molar-refractivity contribution in [2.75, 3.05) is 18.1 Å². The van der Waals surface area contributed by atoms with Crippen LogP contribution in [0.3, 0.4) is 0 Å². The number of nitrogens with zero attached hydrogens (tertiary/aromatic N) is 1. The van der Waals surface area contributed by atoms with Gasteiger partial charge in [0.1, 0.15) is 5.01 Å². The quantitative estimate of drug-likeness (QED) is 0.894. The monoisotopic (exact) mass is 311 g/mol. The predicted octanol–water partition coefficient (Wildman–Crippen LogP) is 2.12. The van der Waals surface area contributed by atoms with Gasteiger partial charge in [0, 0.05) is 42.1 Å². The van der Waals surface area contributed by atoms with Crippen LogP contribution in [0, 0.1) is 0 Å². The van der Waals surface area contributed by atoms with E-state index in [1.165, 1.54) is 12.8 Å². The predicted molar refractivity (Wildman–Crippen MR) is 84.1 cm³/mol. The molecule has 0 bridgehead atoms. The summed E-state index contributed by atoms with van der Waals surface area (Å²) in [6.45, 7) is 1.01. The Kier molecular flexibility index (Phi) is 4.63. The zero-order valence-corrected chi connectivity index (χ0v) is 13.2. The molecule has 1 saturated carbocycles. The van der Waals surface area contributed by atoms with E-state index in [-0.39, 0.29) is 11.4 Å². The molecule has 0 aromatic carbocycles. The molecule has 2 fully saturated rings. The Morgan fingerprint density at radius 1 is 1.50 bits per heavy atom. The van der Waals surface area contributed by atoms with Crippen LogP contribution in [0.1, 0.15) is 37.1 Å². The zero-order valence-electron chi connectivity index (χ0n) is 11.6. The number of hydrogen-bond acceptors (Lipinski definition) is 5. The molecule has 110 valence electrons. The van der Waals surface area contributed by atoms with Crippen LogP contribution in [0.15, 0.2) is 11.6 Å². The molecule has 1 saturated heterocycles. The zero-order chi connectivity index (χ0) is 13.8. The number of thiazole rings is 1. The van der Waals surface area contributed by atoms with Crippen molar-refractivity contribution < 1.29 is 4.79 Å². The van der Waals surface area contributed by atoms with Crippen molar-refractivity contribution in [1.29, 1.82) is 0 Å². The average molecular weight is 311 g/mol. The highest BCUT2D eigenvalue weighted by atomic mass is 32.2. The molecular formula is C14H21N3OS2. The number of aromatic nitrogens is 1. The molecular weight excluding hydrogens is 290 g/mol. The Morgan fingerprint density at radius 2 is 2.35 bits per heavy atom. The van der Waals surface area contributed by atoms with Crippen molar-refractivity contribution in [3.05, 3.63) is 16.6 Å². The standard InChI is InChI=1S/C14H21N3OS2/c18-12(9-11-10-19-7-5-15-11)17-14(3-1-2-4-14)13-16-6-8-20-13/h6,8,11,15H,1-5,7,9-10H2,(H,17,18). The van der Waals surface area contributed by atoms with E-state index in [2.05, 4.69) is 15.6 Å². The molecule has 6 heteroatoms. The Balaban J connectivity index is 1.63. The van der Waals surface area contributed by atoms with Gasteiger partial charge in [-0.25, -0.2) is 4.98 Å². The number of rotatable bonds is 4. The summed E-state index contributed by atoms with van der Waals surface area (Å²) < 4.78 is 0. The molecule has 20 heavy (non-hydrogen) atoms. The maximum Gasteiger partial charge on any atom is 0.222 e. The van der Waals surface area contributed by atoms with E-state index in [0.717, 1.165) is 35.9 Å². The summed E-state index contributed by atoms with van der Waals surface area (Å²) in [6.07, 6.45) is 6.83. The lowest BCUT2D eigenvalue weighted by Crippen LogP contribution is -2.47. The van der Waals surface area contributed by atoms with E-state index in [9.17, 15) is 4.79 Å². The Hall–Kier alpha value is -0.590. The summed E-state index contributed by atoms with van der Waals surface area (Å²) in [5.41, 5.74) is -0.187. The summed E-state index contributed by atoms with van der Waals surface area (Å²) in [5, 5.41) is 9.81. The Bertz CT molecular complexity index is 437. The maximum atomic E-state index is 12.4. The molecule has 1 aliphatic carbocycles. The van der Waals surface area contributed by atoms with E-state index >= 15 is 0 Å². The maximum absolute atomic E-state index is 12.4. The number of carbonyl (C=O) groups is 1. The van der Waals surface area contributed by atoms with Crippen LogP contribution < -0.4 is 10.6 Å². The second-order valence-corrected chi connectivity index (χ2v) is 7.65. The minimum absolute atomic E-state index is 0.169. The van der Waals surface area contributed by atoms with Crippen LogP contribution in [0.4, 0.5) is 0 Å². The number of hydrogen-bond donors (Lipinski definition) is 2. The molecule has 1 unspecified atom stereocenters. The van der Waals surface area contributed by atoms with Crippen molar-refractivity contribution in [2.24, 2.45) is 0 Å². The highest BCUT2D eigenvalue weighted by Gasteiger charge is 2.39. The fourth-order valence-electron chi connectivity index (χ4n) is 3.12. The smallest absolute Gasteiger partial charge is 0.222 e. The van der Waals surface area contributed by atoms with Crippen LogP contribution in [0.2, 0.25) is 0 Å². The number of carbonyl (C=O) groups excluding carboxylic acids is 1. The molecule has 0 spiro atoms. The summed E-state index contributed by atoms with van der Waals surface area (Å²) in [4.78, 5) is 16.8. The van der Waals surface area contributed by atoms with Gasteiger partial charge in [0.05, 0.1) is 5.54 Å². The summed E-state index contributed by atoms with van der Waals surface area (Å²) >= 11 is 3.59. The van der Waals surface area contributed by atoms with Crippen LogP contribution in [-0.2, 0) is 10.3 Å². The summed E-state index contributed by atoms with van der Waals surface area (Å²) in [7, 11) is 0. The summed E-state index contributed by atoms with van der Waals surface area (Å²) in [5.74, 6) is 2.36. The molecule has 0 radical (unpaired) electrons. The van der Waals surface area contributed by atoms with Gasteiger partial charge < -0.3 is 10.6 Å². The average Bonchev–Trinajstić information content (AvgIpc) is 3.10. The highest BCUT2D eigenvalue weighted by Crippen LogP contribution is 2.39. The van der Waals surface area contributed by atoms with Gasteiger partial charge >= 0.3 is 0 Å². The van der Waals surface area contributed by atoms with E-state index in [1.54, 1.807) is 11.3 Å². The normalized spacial score (nSPS) is 25.5. The number of nitrogens with one attached hydrogen (secondary N) is 2. The van der Waals surface area contributed by atoms with Crippen LogP contribution >= 0.6 is 23.1 Å². The summed E-state index contributed by atoms with van der Waals surface area (Å²) in [6, 6.07) is 0.323. The molecule has 1 atom stereocenters. The third-order valence-corrected chi connectivity index (χ3v) is 6.22. The fraction of sp³-hybridized carbons (Fsp3) is 0.714. The van der Waals surface area contributed by atoms with Gasteiger partial charge in [-0.2, -0.15) is 11.8 Å². The van der Waals surface area contributed by atoms with E-state index < -0.39 is 0 Å². The van der Waals surface area contributed by atoms with Gasteiger partial charge in [0.2, 0.25) is 5.91 Å². The lowest BCUT2D eigenvalue weighted by atomic mass is 9.98. The largest absolute Gasteiger partial charge is 0.344 e. The van der Waals surface area contributed by atoms with Crippen molar-refractivity contribution in [1.82, 2.24) is 15.6 Å². The lowest BCUT2D eigenvalue weighted by molar-refractivity contribution is -0.123. The van der Waals surface area contributed by atoms with Crippen molar-refractivity contribution in [2.45, 2.75) is 43.7 Å². The molecule has 2 heterocycles. The number of thioether (sulfide) groups is 1. The first-order chi connectivity index (χ1) is 9.78. The topological polar surface area (TPSA) is 54.0 Å². The Labute approximate surface area is 128 Å².